The van der Waals surface area contributed by atoms with Gasteiger partial charge >= 0.3 is 0 Å². The Labute approximate surface area is 125 Å². The second kappa shape index (κ2) is 5.72. The van der Waals surface area contributed by atoms with Gasteiger partial charge in [0.05, 0.1) is 16.4 Å². The first-order valence-corrected chi connectivity index (χ1v) is 7.57. The van der Waals surface area contributed by atoms with Crippen molar-refractivity contribution in [3.63, 3.8) is 0 Å². The summed E-state index contributed by atoms with van der Waals surface area (Å²) in [6.07, 6.45) is 1.04. The zero-order valence-corrected chi connectivity index (χ0v) is 13.5. The van der Waals surface area contributed by atoms with Gasteiger partial charge in [-0.2, -0.15) is 0 Å². The van der Waals surface area contributed by atoms with Crippen molar-refractivity contribution in [1.29, 1.82) is 0 Å². The smallest absolute Gasteiger partial charge is 0.128 e. The molecule has 0 fully saturated rings. The van der Waals surface area contributed by atoms with E-state index in [1.807, 2.05) is 13.0 Å². The third-order valence-corrected chi connectivity index (χ3v) is 3.80. The number of nitrogens with zero attached hydrogens (tertiary/aromatic N) is 2. The highest BCUT2D eigenvalue weighted by molar-refractivity contribution is 6.20. The number of hydrogen-bond acceptors (Lipinski definition) is 1. The van der Waals surface area contributed by atoms with Crippen molar-refractivity contribution in [3.8, 4) is 0 Å². The summed E-state index contributed by atoms with van der Waals surface area (Å²) in [7, 11) is 0. The Morgan fingerprint density at radius 1 is 1.25 bits per heavy atom. The van der Waals surface area contributed by atoms with Crippen LogP contribution in [-0.2, 0) is 0 Å². The molecule has 0 aliphatic heterocycles. The van der Waals surface area contributed by atoms with Crippen molar-refractivity contribution >= 4 is 22.6 Å². The van der Waals surface area contributed by atoms with E-state index in [9.17, 15) is 4.39 Å². The molecule has 1 aromatic carbocycles. The van der Waals surface area contributed by atoms with E-state index in [1.165, 1.54) is 6.07 Å². The highest BCUT2D eigenvalue weighted by Gasteiger charge is 2.20. The maximum atomic E-state index is 13.7. The largest absolute Gasteiger partial charge is 0.324 e. The molecule has 110 valence electrons. The molecule has 0 amide bonds. The van der Waals surface area contributed by atoms with Gasteiger partial charge < -0.3 is 4.57 Å². The molecule has 0 saturated carbocycles. The monoisotopic (exact) mass is 296 g/mol. The van der Waals surface area contributed by atoms with E-state index >= 15 is 0 Å². The summed E-state index contributed by atoms with van der Waals surface area (Å²) >= 11 is 6.26. The molecule has 0 saturated heterocycles. The van der Waals surface area contributed by atoms with Gasteiger partial charge in [-0.3, -0.25) is 0 Å². The Morgan fingerprint density at radius 2 is 1.90 bits per heavy atom. The van der Waals surface area contributed by atoms with Crippen LogP contribution in [-0.4, -0.2) is 9.55 Å². The van der Waals surface area contributed by atoms with E-state index in [0.717, 1.165) is 17.8 Å². The maximum Gasteiger partial charge on any atom is 0.128 e. The van der Waals surface area contributed by atoms with E-state index in [-0.39, 0.29) is 11.2 Å². The Balaban J connectivity index is 2.64. The van der Waals surface area contributed by atoms with Crippen LogP contribution in [0.3, 0.4) is 0 Å². The highest BCUT2D eigenvalue weighted by Crippen LogP contribution is 2.31. The van der Waals surface area contributed by atoms with Gasteiger partial charge in [0.1, 0.15) is 11.6 Å². The predicted octanol–water partition coefficient (Wildman–Crippen LogP) is 5.39. The minimum Gasteiger partial charge on any atom is -0.324 e. The summed E-state index contributed by atoms with van der Waals surface area (Å²) in [5.41, 5.74) is 2.30. The van der Waals surface area contributed by atoms with Crippen molar-refractivity contribution in [1.82, 2.24) is 9.55 Å². The molecule has 1 aromatic heterocycles. The van der Waals surface area contributed by atoms with Gasteiger partial charge in [0.15, 0.2) is 0 Å². The standard InChI is InChI=1S/C16H22ClFN2/c1-9(2)6-11(4)20-15-7-10(3)13(18)8-14(15)19-16(20)12(5)17/h7-9,11-12H,6H2,1-5H3. The first-order valence-electron chi connectivity index (χ1n) is 7.13. The van der Waals surface area contributed by atoms with Gasteiger partial charge in [0.2, 0.25) is 0 Å². The second-order valence-electron chi connectivity index (χ2n) is 6.02. The molecule has 4 heteroatoms. The number of benzene rings is 1. The van der Waals surface area contributed by atoms with Crippen molar-refractivity contribution in [2.24, 2.45) is 5.92 Å². The van der Waals surface area contributed by atoms with Crippen molar-refractivity contribution in [3.05, 3.63) is 29.3 Å². The van der Waals surface area contributed by atoms with Crippen LogP contribution in [0.25, 0.3) is 11.0 Å². The number of rotatable bonds is 4. The van der Waals surface area contributed by atoms with E-state index in [1.54, 1.807) is 6.92 Å². The van der Waals surface area contributed by atoms with Gasteiger partial charge in [0.25, 0.3) is 0 Å². The zero-order valence-electron chi connectivity index (χ0n) is 12.7. The quantitative estimate of drug-likeness (QED) is 0.692. The molecular weight excluding hydrogens is 275 g/mol. The average molecular weight is 297 g/mol. The Hall–Kier alpha value is -1.09. The third-order valence-electron chi connectivity index (χ3n) is 3.61. The molecule has 0 spiro atoms. The Bertz CT molecular complexity index is 616. The van der Waals surface area contributed by atoms with Crippen LogP contribution in [0.5, 0.6) is 0 Å². The van der Waals surface area contributed by atoms with E-state index in [2.05, 4.69) is 30.3 Å². The second-order valence-corrected chi connectivity index (χ2v) is 6.68. The Morgan fingerprint density at radius 3 is 2.45 bits per heavy atom. The third kappa shape index (κ3) is 2.83. The first-order chi connectivity index (χ1) is 9.31. The topological polar surface area (TPSA) is 17.8 Å². The number of aromatic nitrogens is 2. The summed E-state index contributed by atoms with van der Waals surface area (Å²) in [5.74, 6) is 1.19. The summed E-state index contributed by atoms with van der Waals surface area (Å²) in [4.78, 5) is 4.53. The zero-order chi connectivity index (χ0) is 15.0. The van der Waals surface area contributed by atoms with Crippen LogP contribution in [0.1, 0.15) is 56.9 Å². The van der Waals surface area contributed by atoms with Crippen molar-refractivity contribution in [2.75, 3.05) is 0 Å². The SMILES string of the molecule is Cc1cc2c(cc1F)nc(C(C)Cl)n2C(C)CC(C)C. The summed E-state index contributed by atoms with van der Waals surface area (Å²) in [6, 6.07) is 3.67. The maximum absolute atomic E-state index is 13.7. The molecule has 2 rings (SSSR count). The van der Waals surface area contributed by atoms with Gasteiger partial charge in [-0.1, -0.05) is 13.8 Å². The lowest BCUT2D eigenvalue weighted by atomic mass is 10.0. The average Bonchev–Trinajstić information content (AvgIpc) is 2.67. The van der Waals surface area contributed by atoms with Crippen molar-refractivity contribution < 1.29 is 4.39 Å². The van der Waals surface area contributed by atoms with Crippen LogP contribution < -0.4 is 0 Å². The number of hydrogen-bond donors (Lipinski definition) is 0. The molecule has 0 N–H and O–H groups in total. The normalized spacial score (nSPS) is 15.0. The molecule has 2 aromatic rings. The lowest BCUT2D eigenvalue weighted by Crippen LogP contribution is -2.12. The minimum absolute atomic E-state index is 0.194. The number of halogens is 2. The molecule has 2 unspecified atom stereocenters. The molecule has 0 aliphatic rings. The molecule has 0 radical (unpaired) electrons. The van der Waals surface area contributed by atoms with Gasteiger partial charge in [0, 0.05) is 12.1 Å². The highest BCUT2D eigenvalue weighted by atomic mass is 35.5. The van der Waals surface area contributed by atoms with Crippen molar-refractivity contribution in [2.45, 2.75) is 52.5 Å². The number of alkyl halides is 1. The fraction of sp³-hybridized carbons (Fsp3) is 0.562. The minimum atomic E-state index is -0.215. The molecule has 0 bridgehead atoms. The number of fused-ring (bicyclic) bond motifs is 1. The molecule has 20 heavy (non-hydrogen) atoms. The molecule has 0 aliphatic carbocycles. The fourth-order valence-corrected chi connectivity index (χ4v) is 2.92. The van der Waals surface area contributed by atoms with Crippen LogP contribution in [0.2, 0.25) is 0 Å². The Kier molecular flexibility index (Phi) is 4.38. The predicted molar refractivity (Wildman–Crippen MR) is 82.9 cm³/mol. The van der Waals surface area contributed by atoms with Gasteiger partial charge in [-0.25, -0.2) is 9.37 Å². The van der Waals surface area contributed by atoms with Gasteiger partial charge in [-0.05, 0) is 44.7 Å². The summed E-state index contributed by atoms with van der Waals surface area (Å²) in [6.45, 7) is 10.3. The van der Waals surface area contributed by atoms with Crippen LogP contribution in [0.4, 0.5) is 4.39 Å². The number of aryl methyl sites for hydroxylation is 1. The fourth-order valence-electron chi connectivity index (χ4n) is 2.77. The molecular formula is C16H22ClFN2. The lowest BCUT2D eigenvalue weighted by molar-refractivity contribution is 0.425. The summed E-state index contributed by atoms with van der Waals surface area (Å²) in [5, 5.41) is -0.194. The van der Waals surface area contributed by atoms with Gasteiger partial charge in [-0.15, -0.1) is 11.6 Å². The molecule has 1 heterocycles. The van der Waals surface area contributed by atoms with E-state index in [4.69, 9.17) is 11.6 Å². The lowest BCUT2D eigenvalue weighted by Gasteiger charge is -2.20. The summed E-state index contributed by atoms with van der Waals surface area (Å²) < 4.78 is 15.9. The molecule has 2 nitrogen and oxygen atoms in total. The van der Waals surface area contributed by atoms with Crippen LogP contribution in [0, 0.1) is 18.7 Å². The first kappa shape index (κ1) is 15.3. The van der Waals surface area contributed by atoms with Crippen LogP contribution in [0.15, 0.2) is 12.1 Å². The molecule has 2 atom stereocenters. The number of imidazole rings is 1. The van der Waals surface area contributed by atoms with Crippen LogP contribution >= 0.6 is 11.6 Å². The van der Waals surface area contributed by atoms with E-state index in [0.29, 0.717) is 23.0 Å². The van der Waals surface area contributed by atoms with E-state index < -0.39 is 0 Å².